The molecule has 1 aliphatic carbocycles. The number of para-hydroxylation sites is 1. The molecular formula is C17H21N3O2. The second-order valence-corrected chi connectivity index (χ2v) is 6.49. The SMILES string of the molecule is NC1(c2noc(C3COc4ccccc4C3)n2)CCCCC1. The molecular weight excluding hydrogens is 278 g/mol. The number of hydrogen-bond acceptors (Lipinski definition) is 5. The summed E-state index contributed by atoms with van der Waals surface area (Å²) in [6.45, 7) is 0.580. The molecule has 1 saturated carbocycles. The summed E-state index contributed by atoms with van der Waals surface area (Å²) in [7, 11) is 0. The summed E-state index contributed by atoms with van der Waals surface area (Å²) in [6.07, 6.45) is 6.28. The van der Waals surface area contributed by atoms with Crippen LogP contribution in [0, 0.1) is 0 Å². The van der Waals surface area contributed by atoms with Crippen molar-refractivity contribution in [2.24, 2.45) is 5.73 Å². The van der Waals surface area contributed by atoms with Crippen LogP contribution < -0.4 is 10.5 Å². The molecule has 2 heterocycles. The lowest BCUT2D eigenvalue weighted by molar-refractivity contribution is 0.228. The van der Waals surface area contributed by atoms with Crippen LogP contribution in [-0.2, 0) is 12.0 Å². The van der Waals surface area contributed by atoms with Crippen molar-refractivity contribution in [2.75, 3.05) is 6.61 Å². The minimum absolute atomic E-state index is 0.114. The van der Waals surface area contributed by atoms with E-state index in [1.165, 1.54) is 12.0 Å². The molecule has 0 saturated heterocycles. The molecule has 2 N–H and O–H groups in total. The molecule has 0 radical (unpaired) electrons. The van der Waals surface area contributed by atoms with Gasteiger partial charge in [0.1, 0.15) is 12.4 Å². The van der Waals surface area contributed by atoms with Crippen LogP contribution in [0.1, 0.15) is 55.3 Å². The Labute approximate surface area is 129 Å². The monoisotopic (exact) mass is 299 g/mol. The van der Waals surface area contributed by atoms with Crippen LogP contribution in [0.5, 0.6) is 5.75 Å². The first kappa shape index (κ1) is 13.8. The largest absolute Gasteiger partial charge is 0.492 e. The van der Waals surface area contributed by atoms with E-state index in [0.29, 0.717) is 18.3 Å². The summed E-state index contributed by atoms with van der Waals surface area (Å²) in [5.41, 5.74) is 7.27. The number of aromatic nitrogens is 2. The lowest BCUT2D eigenvalue weighted by Gasteiger charge is -2.29. The van der Waals surface area contributed by atoms with Gasteiger partial charge < -0.3 is 15.0 Å². The maximum Gasteiger partial charge on any atom is 0.233 e. The van der Waals surface area contributed by atoms with E-state index in [1.807, 2.05) is 18.2 Å². The van der Waals surface area contributed by atoms with E-state index >= 15 is 0 Å². The Morgan fingerprint density at radius 3 is 2.82 bits per heavy atom. The van der Waals surface area contributed by atoms with E-state index in [0.717, 1.165) is 37.9 Å². The van der Waals surface area contributed by atoms with Crippen LogP contribution in [0.25, 0.3) is 0 Å². The highest BCUT2D eigenvalue weighted by molar-refractivity contribution is 5.36. The van der Waals surface area contributed by atoms with Gasteiger partial charge in [0.15, 0.2) is 5.82 Å². The van der Waals surface area contributed by atoms with Crippen molar-refractivity contribution in [2.45, 2.75) is 50.0 Å². The molecule has 1 aromatic carbocycles. The number of benzene rings is 1. The van der Waals surface area contributed by atoms with Gasteiger partial charge in [-0.25, -0.2) is 0 Å². The van der Waals surface area contributed by atoms with Crippen molar-refractivity contribution in [3.8, 4) is 5.75 Å². The van der Waals surface area contributed by atoms with Gasteiger partial charge in [0.05, 0.1) is 11.5 Å². The molecule has 5 heteroatoms. The number of ether oxygens (including phenoxy) is 1. The predicted molar refractivity (Wildman–Crippen MR) is 81.6 cm³/mol. The first-order chi connectivity index (χ1) is 10.7. The molecule has 2 aromatic rings. The summed E-state index contributed by atoms with van der Waals surface area (Å²) in [6, 6.07) is 8.11. The lowest BCUT2D eigenvalue weighted by Crippen LogP contribution is -2.39. The van der Waals surface area contributed by atoms with Crippen molar-refractivity contribution in [3.63, 3.8) is 0 Å². The average molecular weight is 299 g/mol. The second-order valence-electron chi connectivity index (χ2n) is 6.49. The van der Waals surface area contributed by atoms with E-state index < -0.39 is 5.54 Å². The predicted octanol–water partition coefficient (Wildman–Crippen LogP) is 2.91. The summed E-state index contributed by atoms with van der Waals surface area (Å²) >= 11 is 0. The minimum atomic E-state index is -0.409. The van der Waals surface area contributed by atoms with Gasteiger partial charge in [0.2, 0.25) is 5.89 Å². The van der Waals surface area contributed by atoms with E-state index in [2.05, 4.69) is 16.2 Å². The highest BCUT2D eigenvalue weighted by Gasteiger charge is 2.35. The Hall–Kier alpha value is -1.88. The van der Waals surface area contributed by atoms with Crippen LogP contribution >= 0.6 is 0 Å². The van der Waals surface area contributed by atoms with Crippen LogP contribution in [0.4, 0.5) is 0 Å². The van der Waals surface area contributed by atoms with Crippen LogP contribution in [0.15, 0.2) is 28.8 Å². The van der Waals surface area contributed by atoms with Gasteiger partial charge in [0, 0.05) is 0 Å². The summed E-state index contributed by atoms with van der Waals surface area (Å²) in [5.74, 6) is 2.39. The topological polar surface area (TPSA) is 74.2 Å². The van der Waals surface area contributed by atoms with E-state index in [1.54, 1.807) is 0 Å². The molecule has 2 aliphatic rings. The van der Waals surface area contributed by atoms with E-state index in [-0.39, 0.29) is 5.92 Å². The standard InChI is InChI=1S/C17H21N3O2/c18-17(8-4-1-5-9-17)16-19-15(22-20-16)13-10-12-6-2-3-7-14(12)21-11-13/h2-3,6-7,13H,1,4-5,8-11,18H2. The Kier molecular flexibility index (Phi) is 3.37. The highest BCUT2D eigenvalue weighted by Crippen LogP contribution is 2.35. The van der Waals surface area contributed by atoms with Crippen molar-refractivity contribution < 1.29 is 9.26 Å². The molecule has 116 valence electrons. The fourth-order valence-electron chi connectivity index (χ4n) is 3.50. The van der Waals surface area contributed by atoms with Crippen molar-refractivity contribution in [1.82, 2.24) is 10.1 Å². The highest BCUT2D eigenvalue weighted by atomic mass is 16.5. The van der Waals surface area contributed by atoms with Gasteiger partial charge in [-0.05, 0) is 30.9 Å². The van der Waals surface area contributed by atoms with Gasteiger partial charge in [-0.15, -0.1) is 0 Å². The third kappa shape index (κ3) is 2.39. The molecule has 4 rings (SSSR count). The van der Waals surface area contributed by atoms with Crippen molar-refractivity contribution in [1.29, 1.82) is 0 Å². The Balaban J connectivity index is 1.55. The molecule has 0 spiro atoms. The average Bonchev–Trinajstić information content (AvgIpc) is 3.06. The quantitative estimate of drug-likeness (QED) is 0.923. The minimum Gasteiger partial charge on any atom is -0.492 e. The van der Waals surface area contributed by atoms with Gasteiger partial charge in [-0.2, -0.15) is 4.98 Å². The number of fused-ring (bicyclic) bond motifs is 1. The first-order valence-corrected chi connectivity index (χ1v) is 8.08. The fraction of sp³-hybridized carbons (Fsp3) is 0.529. The molecule has 1 atom stereocenters. The van der Waals surface area contributed by atoms with E-state index in [4.69, 9.17) is 15.0 Å². The van der Waals surface area contributed by atoms with Gasteiger partial charge in [-0.3, -0.25) is 0 Å². The zero-order valence-electron chi connectivity index (χ0n) is 12.6. The zero-order valence-corrected chi connectivity index (χ0v) is 12.6. The Morgan fingerprint density at radius 1 is 1.14 bits per heavy atom. The molecule has 5 nitrogen and oxygen atoms in total. The summed E-state index contributed by atoms with van der Waals surface area (Å²) < 4.78 is 11.3. The van der Waals surface area contributed by atoms with Crippen molar-refractivity contribution in [3.05, 3.63) is 41.5 Å². The van der Waals surface area contributed by atoms with Crippen LogP contribution in [0.2, 0.25) is 0 Å². The van der Waals surface area contributed by atoms with Crippen LogP contribution in [0.3, 0.4) is 0 Å². The third-order valence-corrected chi connectivity index (χ3v) is 4.86. The number of nitrogens with zero attached hydrogens (tertiary/aromatic N) is 2. The summed E-state index contributed by atoms with van der Waals surface area (Å²) in [5, 5.41) is 4.18. The normalized spacial score (nSPS) is 23.6. The fourth-order valence-corrected chi connectivity index (χ4v) is 3.50. The van der Waals surface area contributed by atoms with Gasteiger partial charge >= 0.3 is 0 Å². The molecule has 1 fully saturated rings. The van der Waals surface area contributed by atoms with Gasteiger partial charge in [-0.1, -0.05) is 42.6 Å². The first-order valence-electron chi connectivity index (χ1n) is 8.08. The molecule has 0 bridgehead atoms. The third-order valence-electron chi connectivity index (χ3n) is 4.86. The molecule has 1 aliphatic heterocycles. The lowest BCUT2D eigenvalue weighted by atomic mass is 9.82. The zero-order chi connectivity index (χ0) is 15.0. The molecule has 1 unspecified atom stereocenters. The Bertz CT molecular complexity index is 661. The van der Waals surface area contributed by atoms with Gasteiger partial charge in [0.25, 0.3) is 0 Å². The molecule has 0 amide bonds. The van der Waals surface area contributed by atoms with Crippen molar-refractivity contribution >= 4 is 0 Å². The second kappa shape index (κ2) is 5.39. The maximum absolute atomic E-state index is 6.48. The number of hydrogen-bond donors (Lipinski definition) is 1. The smallest absolute Gasteiger partial charge is 0.233 e. The summed E-state index contributed by atoms with van der Waals surface area (Å²) in [4.78, 5) is 4.62. The maximum atomic E-state index is 6.48. The Morgan fingerprint density at radius 2 is 1.95 bits per heavy atom. The molecule has 22 heavy (non-hydrogen) atoms. The molecule has 1 aromatic heterocycles. The van der Waals surface area contributed by atoms with E-state index in [9.17, 15) is 0 Å². The number of rotatable bonds is 2. The van der Waals surface area contributed by atoms with Crippen LogP contribution in [-0.4, -0.2) is 16.7 Å². The number of nitrogens with two attached hydrogens (primary N) is 1.